The van der Waals surface area contributed by atoms with Gasteiger partial charge in [0.05, 0.1) is 30.3 Å². The second-order valence-electron chi connectivity index (χ2n) is 8.84. The maximum atomic E-state index is 12.8. The molecule has 4 aromatic rings. The Bertz CT molecular complexity index is 1380. The van der Waals surface area contributed by atoms with Crippen LogP contribution in [0.2, 0.25) is 0 Å². The molecule has 2 heterocycles. The van der Waals surface area contributed by atoms with Crippen LogP contribution in [-0.4, -0.2) is 31.4 Å². The average molecular weight is 491 g/mol. The van der Waals surface area contributed by atoms with Gasteiger partial charge in [-0.1, -0.05) is 49.2 Å². The van der Waals surface area contributed by atoms with Crippen molar-refractivity contribution < 1.29 is 4.74 Å². The van der Waals surface area contributed by atoms with E-state index >= 15 is 0 Å². The molecule has 2 aromatic carbocycles. The lowest BCUT2D eigenvalue weighted by molar-refractivity contribution is 0.330. The van der Waals surface area contributed by atoms with Crippen LogP contribution in [0.25, 0.3) is 10.9 Å². The van der Waals surface area contributed by atoms with Crippen molar-refractivity contribution in [1.82, 2.24) is 24.3 Å². The number of nitrogens with one attached hydrogen (secondary N) is 1. The third-order valence-corrected chi connectivity index (χ3v) is 7.54. The molecule has 8 nitrogen and oxygen atoms in total. The van der Waals surface area contributed by atoms with Crippen molar-refractivity contribution in [2.24, 2.45) is 7.05 Å². The van der Waals surface area contributed by atoms with Gasteiger partial charge in [0, 0.05) is 24.8 Å². The molecule has 1 N–H and O–H groups in total. The number of hydrogen-bond acceptors (Lipinski definition) is 7. The molecule has 0 aliphatic heterocycles. The lowest BCUT2D eigenvalue weighted by Gasteiger charge is -2.25. The van der Waals surface area contributed by atoms with E-state index in [9.17, 15) is 4.79 Å². The zero-order valence-electron chi connectivity index (χ0n) is 20.1. The highest BCUT2D eigenvalue weighted by Crippen LogP contribution is 2.33. The summed E-state index contributed by atoms with van der Waals surface area (Å²) in [4.78, 5) is 17.6. The number of benzene rings is 2. The number of hydrogen-bond donors (Lipinski definition) is 1. The van der Waals surface area contributed by atoms with E-state index < -0.39 is 0 Å². The summed E-state index contributed by atoms with van der Waals surface area (Å²) in [7, 11) is 3.45. The molecule has 0 bridgehead atoms. The molecule has 0 spiro atoms. The van der Waals surface area contributed by atoms with Gasteiger partial charge in [-0.2, -0.15) is 0 Å². The zero-order chi connectivity index (χ0) is 24.2. The fourth-order valence-corrected chi connectivity index (χ4v) is 5.68. The van der Waals surface area contributed by atoms with E-state index in [0.29, 0.717) is 23.7 Å². The predicted molar refractivity (Wildman–Crippen MR) is 139 cm³/mol. The summed E-state index contributed by atoms with van der Waals surface area (Å²) in [5, 5.41) is 14.1. The number of thioether (sulfide) groups is 1. The molecule has 1 fully saturated rings. The molecular formula is C26H30N6O2S. The quantitative estimate of drug-likeness (QED) is 0.350. The Morgan fingerprint density at radius 2 is 1.89 bits per heavy atom. The maximum absolute atomic E-state index is 12.8. The van der Waals surface area contributed by atoms with Crippen LogP contribution in [0, 0.1) is 0 Å². The van der Waals surface area contributed by atoms with E-state index in [4.69, 9.17) is 9.72 Å². The average Bonchev–Trinajstić information content (AvgIpc) is 3.32. The molecule has 1 aliphatic carbocycles. The van der Waals surface area contributed by atoms with Crippen LogP contribution < -0.4 is 15.6 Å². The number of para-hydroxylation sites is 1. The molecule has 0 amide bonds. The number of ether oxygens (including phenoxy) is 1. The van der Waals surface area contributed by atoms with Crippen molar-refractivity contribution in [3.8, 4) is 5.75 Å². The number of nitrogens with zero attached hydrogens (tertiary/aromatic N) is 5. The monoisotopic (exact) mass is 490 g/mol. The highest BCUT2D eigenvalue weighted by Gasteiger charge is 2.23. The number of anilines is 1. The topological polar surface area (TPSA) is 86.9 Å². The summed E-state index contributed by atoms with van der Waals surface area (Å²) in [5.41, 5.74) is 1.68. The minimum Gasteiger partial charge on any atom is -0.497 e. The van der Waals surface area contributed by atoms with E-state index in [0.717, 1.165) is 46.6 Å². The van der Waals surface area contributed by atoms with Gasteiger partial charge >= 0.3 is 0 Å². The van der Waals surface area contributed by atoms with Gasteiger partial charge in [-0.25, -0.2) is 4.98 Å². The highest BCUT2D eigenvalue weighted by atomic mass is 32.2. The van der Waals surface area contributed by atoms with Crippen molar-refractivity contribution in [2.75, 3.05) is 12.4 Å². The lowest BCUT2D eigenvalue weighted by Crippen LogP contribution is -2.22. The lowest BCUT2D eigenvalue weighted by atomic mass is 9.95. The number of fused-ring (bicyclic) bond motifs is 1. The molecule has 2 aromatic heterocycles. The fraction of sp³-hybridized carbons (Fsp3) is 0.385. The van der Waals surface area contributed by atoms with E-state index in [2.05, 4.69) is 20.1 Å². The third kappa shape index (κ3) is 5.05. The molecule has 1 aliphatic rings. The molecule has 1 saturated carbocycles. The molecule has 35 heavy (non-hydrogen) atoms. The SMILES string of the molecule is COc1cccc(NCc2nnc(SCc3nc4ccccc4c(=O)n3C)n2C2CCCCC2)c1. The van der Waals surface area contributed by atoms with Crippen molar-refractivity contribution in [3.05, 3.63) is 70.5 Å². The van der Waals surface area contributed by atoms with Gasteiger partial charge < -0.3 is 14.6 Å². The summed E-state index contributed by atoms with van der Waals surface area (Å²) in [5.74, 6) is 3.01. The Balaban J connectivity index is 1.39. The van der Waals surface area contributed by atoms with Gasteiger partial charge in [-0.15, -0.1) is 10.2 Å². The smallest absolute Gasteiger partial charge is 0.261 e. The Labute approximate surface area is 208 Å². The first-order valence-corrected chi connectivity index (χ1v) is 13.0. The largest absolute Gasteiger partial charge is 0.497 e. The first-order chi connectivity index (χ1) is 17.1. The normalized spacial score (nSPS) is 14.3. The summed E-state index contributed by atoms with van der Waals surface area (Å²) in [6.45, 7) is 0.573. The first kappa shape index (κ1) is 23.4. The minimum absolute atomic E-state index is 0.0249. The summed E-state index contributed by atoms with van der Waals surface area (Å²) < 4.78 is 9.28. The van der Waals surface area contributed by atoms with E-state index in [1.807, 2.05) is 48.5 Å². The van der Waals surface area contributed by atoms with Gasteiger partial charge in [0.1, 0.15) is 11.6 Å². The van der Waals surface area contributed by atoms with E-state index in [1.54, 1.807) is 30.5 Å². The standard InChI is InChI=1S/C26H30N6O2S/c1-31-24(28-22-14-7-6-13-21(22)25(31)33)17-35-26-30-29-23(32(26)19-10-4-3-5-11-19)16-27-18-9-8-12-20(15-18)34-2/h6-9,12-15,19,27H,3-5,10-11,16-17H2,1-2H3. The van der Waals surface area contributed by atoms with Gasteiger partial charge in [0.25, 0.3) is 5.56 Å². The molecular weight excluding hydrogens is 460 g/mol. The van der Waals surface area contributed by atoms with Gasteiger partial charge in [0.2, 0.25) is 0 Å². The van der Waals surface area contributed by atoms with Gasteiger partial charge in [0.15, 0.2) is 11.0 Å². The predicted octanol–water partition coefficient (Wildman–Crippen LogP) is 4.94. The van der Waals surface area contributed by atoms with Crippen molar-refractivity contribution in [1.29, 1.82) is 0 Å². The van der Waals surface area contributed by atoms with Crippen LogP contribution in [-0.2, 0) is 19.3 Å². The van der Waals surface area contributed by atoms with E-state index in [1.165, 1.54) is 19.3 Å². The van der Waals surface area contributed by atoms with Crippen molar-refractivity contribution in [3.63, 3.8) is 0 Å². The fourth-order valence-electron chi connectivity index (χ4n) is 4.67. The Kier molecular flexibility index (Phi) is 7.03. The molecule has 182 valence electrons. The second-order valence-corrected chi connectivity index (χ2v) is 9.79. The first-order valence-electron chi connectivity index (χ1n) is 12.0. The van der Waals surface area contributed by atoms with Crippen LogP contribution in [0.1, 0.15) is 49.8 Å². The Morgan fingerprint density at radius 3 is 2.71 bits per heavy atom. The Morgan fingerprint density at radius 1 is 1.06 bits per heavy atom. The molecule has 0 unspecified atom stereocenters. The summed E-state index contributed by atoms with van der Waals surface area (Å²) in [6.07, 6.45) is 5.98. The maximum Gasteiger partial charge on any atom is 0.261 e. The van der Waals surface area contributed by atoms with Crippen LogP contribution in [0.4, 0.5) is 5.69 Å². The second kappa shape index (κ2) is 10.5. The number of methoxy groups -OCH3 is 1. The zero-order valence-corrected chi connectivity index (χ0v) is 20.9. The summed E-state index contributed by atoms with van der Waals surface area (Å²) in [6, 6.07) is 15.8. The minimum atomic E-state index is -0.0249. The van der Waals surface area contributed by atoms with Crippen LogP contribution in [0.3, 0.4) is 0 Å². The summed E-state index contributed by atoms with van der Waals surface area (Å²) >= 11 is 1.59. The Hall–Kier alpha value is -3.33. The third-order valence-electron chi connectivity index (χ3n) is 6.60. The molecule has 0 saturated heterocycles. The van der Waals surface area contributed by atoms with Gasteiger partial charge in [-0.3, -0.25) is 9.36 Å². The molecule has 5 rings (SSSR count). The molecule has 0 atom stereocenters. The van der Waals surface area contributed by atoms with Crippen LogP contribution >= 0.6 is 11.8 Å². The van der Waals surface area contributed by atoms with E-state index in [-0.39, 0.29) is 5.56 Å². The molecule has 9 heteroatoms. The molecule has 0 radical (unpaired) electrons. The number of aromatic nitrogens is 5. The highest BCUT2D eigenvalue weighted by molar-refractivity contribution is 7.98. The van der Waals surface area contributed by atoms with Crippen LogP contribution in [0.15, 0.2) is 58.5 Å². The van der Waals surface area contributed by atoms with Crippen molar-refractivity contribution >= 4 is 28.4 Å². The number of rotatable bonds is 8. The van der Waals surface area contributed by atoms with Crippen LogP contribution in [0.5, 0.6) is 5.75 Å². The van der Waals surface area contributed by atoms with Gasteiger partial charge in [-0.05, 0) is 37.1 Å². The van der Waals surface area contributed by atoms with Crippen molar-refractivity contribution in [2.45, 2.75) is 55.6 Å².